The van der Waals surface area contributed by atoms with Crippen molar-refractivity contribution in [3.63, 3.8) is 0 Å². The standard InChI is InChI=1S/C13H20N2O2.C2H8N2/c1-3-15(4-2)9-10-17-13(16)11-5-7-12(14)8-6-11;3-1-2-4/h5-8H,3-4,9-10,14H2,1-2H3;1-4H2. The molecule has 1 aromatic carbocycles. The number of ether oxygens (including phenoxy) is 1. The number of nitrogens with two attached hydrogens (primary N) is 3. The summed E-state index contributed by atoms with van der Waals surface area (Å²) in [6, 6.07) is 6.74. The molecule has 0 saturated carbocycles. The molecule has 0 radical (unpaired) electrons. The minimum absolute atomic E-state index is 0.294. The van der Waals surface area contributed by atoms with Crippen molar-refractivity contribution < 1.29 is 9.53 Å². The second-order valence-corrected chi connectivity index (χ2v) is 4.36. The summed E-state index contributed by atoms with van der Waals surface area (Å²) >= 11 is 0. The number of esters is 1. The van der Waals surface area contributed by atoms with E-state index in [1.54, 1.807) is 24.3 Å². The van der Waals surface area contributed by atoms with Gasteiger partial charge in [0.2, 0.25) is 0 Å². The van der Waals surface area contributed by atoms with Crippen LogP contribution in [0.5, 0.6) is 0 Å². The molecule has 0 amide bonds. The molecule has 1 aromatic rings. The van der Waals surface area contributed by atoms with Crippen LogP contribution in [0.2, 0.25) is 0 Å². The number of carbonyl (C=O) groups is 1. The monoisotopic (exact) mass is 296 g/mol. The van der Waals surface area contributed by atoms with E-state index in [-0.39, 0.29) is 5.97 Å². The molecule has 0 bridgehead atoms. The molecular weight excluding hydrogens is 268 g/mol. The number of nitrogen functional groups attached to an aromatic ring is 1. The first-order valence-electron chi connectivity index (χ1n) is 7.24. The van der Waals surface area contributed by atoms with Gasteiger partial charge in [-0.3, -0.25) is 0 Å². The molecule has 0 aliphatic heterocycles. The van der Waals surface area contributed by atoms with Crippen molar-refractivity contribution >= 4 is 11.7 Å². The Morgan fingerprint density at radius 2 is 1.62 bits per heavy atom. The highest BCUT2D eigenvalue weighted by Crippen LogP contribution is 2.06. The topological polar surface area (TPSA) is 108 Å². The van der Waals surface area contributed by atoms with Crippen LogP contribution in [0.4, 0.5) is 5.69 Å². The lowest BCUT2D eigenvalue weighted by atomic mass is 10.2. The van der Waals surface area contributed by atoms with Crippen molar-refractivity contribution in [2.45, 2.75) is 13.8 Å². The zero-order valence-electron chi connectivity index (χ0n) is 13.0. The summed E-state index contributed by atoms with van der Waals surface area (Å²) < 4.78 is 5.18. The maximum Gasteiger partial charge on any atom is 0.338 e. The lowest BCUT2D eigenvalue weighted by Crippen LogP contribution is -2.27. The van der Waals surface area contributed by atoms with Crippen molar-refractivity contribution in [1.82, 2.24) is 4.90 Å². The molecule has 0 heterocycles. The molecular formula is C15H28N4O2. The minimum Gasteiger partial charge on any atom is -0.461 e. The second kappa shape index (κ2) is 12.1. The molecule has 6 N–H and O–H groups in total. The lowest BCUT2D eigenvalue weighted by Gasteiger charge is -2.17. The molecule has 0 aliphatic carbocycles. The number of benzene rings is 1. The predicted octanol–water partition coefficient (Wildman–Crippen LogP) is 0.671. The van der Waals surface area contributed by atoms with Crippen molar-refractivity contribution in [2.24, 2.45) is 11.5 Å². The summed E-state index contributed by atoms with van der Waals surface area (Å²) in [5, 5.41) is 0. The van der Waals surface area contributed by atoms with E-state index in [4.69, 9.17) is 21.9 Å². The van der Waals surface area contributed by atoms with Crippen molar-refractivity contribution in [3.8, 4) is 0 Å². The molecule has 0 spiro atoms. The summed E-state index contributed by atoms with van der Waals surface area (Å²) in [6.45, 7) is 8.50. The fourth-order valence-electron chi connectivity index (χ4n) is 1.51. The van der Waals surface area contributed by atoms with E-state index in [1.807, 2.05) is 0 Å². The minimum atomic E-state index is -0.294. The summed E-state index contributed by atoms with van der Waals surface area (Å²) in [7, 11) is 0. The van der Waals surface area contributed by atoms with E-state index >= 15 is 0 Å². The predicted molar refractivity (Wildman–Crippen MR) is 87.0 cm³/mol. The maximum absolute atomic E-state index is 11.6. The van der Waals surface area contributed by atoms with Crippen LogP contribution in [0.3, 0.4) is 0 Å². The van der Waals surface area contributed by atoms with Crippen LogP contribution in [-0.2, 0) is 4.74 Å². The molecule has 0 unspecified atom stereocenters. The third-order valence-electron chi connectivity index (χ3n) is 2.85. The van der Waals surface area contributed by atoms with Gasteiger partial charge in [0.25, 0.3) is 0 Å². The number of rotatable bonds is 7. The fraction of sp³-hybridized carbons (Fsp3) is 0.533. The Morgan fingerprint density at radius 3 is 2.05 bits per heavy atom. The average molecular weight is 296 g/mol. The van der Waals surface area contributed by atoms with Crippen LogP contribution in [0.1, 0.15) is 24.2 Å². The lowest BCUT2D eigenvalue weighted by molar-refractivity contribution is 0.0466. The summed E-state index contributed by atoms with van der Waals surface area (Å²) in [5.74, 6) is -0.294. The van der Waals surface area contributed by atoms with Crippen LogP contribution in [0, 0.1) is 0 Å². The Balaban J connectivity index is 0.000000885. The first-order valence-corrected chi connectivity index (χ1v) is 7.24. The Kier molecular flexibility index (Phi) is 11.2. The summed E-state index contributed by atoms with van der Waals surface area (Å²) in [4.78, 5) is 13.8. The number of nitrogens with zero attached hydrogens (tertiary/aromatic N) is 1. The Bertz CT molecular complexity index is 376. The molecule has 0 fully saturated rings. The van der Waals surface area contributed by atoms with Gasteiger partial charge >= 0.3 is 5.97 Å². The van der Waals surface area contributed by atoms with Gasteiger partial charge in [0, 0.05) is 25.3 Å². The third-order valence-corrected chi connectivity index (χ3v) is 2.85. The molecule has 0 saturated heterocycles. The Morgan fingerprint density at radius 1 is 1.10 bits per heavy atom. The molecule has 0 atom stereocenters. The molecule has 120 valence electrons. The van der Waals surface area contributed by atoms with Crippen LogP contribution < -0.4 is 17.2 Å². The van der Waals surface area contributed by atoms with Gasteiger partial charge < -0.3 is 26.8 Å². The summed E-state index contributed by atoms with van der Waals surface area (Å²) in [6.07, 6.45) is 0. The number of hydrogen-bond donors (Lipinski definition) is 3. The van der Waals surface area contributed by atoms with Crippen LogP contribution in [0.15, 0.2) is 24.3 Å². The molecule has 6 nitrogen and oxygen atoms in total. The van der Waals surface area contributed by atoms with E-state index in [9.17, 15) is 4.79 Å². The number of hydrogen-bond acceptors (Lipinski definition) is 6. The fourth-order valence-corrected chi connectivity index (χ4v) is 1.51. The second-order valence-electron chi connectivity index (χ2n) is 4.36. The normalized spacial score (nSPS) is 9.95. The largest absolute Gasteiger partial charge is 0.461 e. The van der Waals surface area contributed by atoms with Gasteiger partial charge in [0.05, 0.1) is 5.56 Å². The highest BCUT2D eigenvalue weighted by molar-refractivity contribution is 5.89. The van der Waals surface area contributed by atoms with Crippen molar-refractivity contribution in [2.75, 3.05) is 45.1 Å². The SMILES string of the molecule is CCN(CC)CCOC(=O)c1ccc(N)cc1.NCCN. The molecule has 21 heavy (non-hydrogen) atoms. The van der Waals surface area contributed by atoms with Gasteiger partial charge in [0.15, 0.2) is 0 Å². The van der Waals surface area contributed by atoms with Crippen molar-refractivity contribution in [3.05, 3.63) is 29.8 Å². The number of anilines is 1. The van der Waals surface area contributed by atoms with Crippen molar-refractivity contribution in [1.29, 1.82) is 0 Å². The highest BCUT2D eigenvalue weighted by Gasteiger charge is 2.07. The Hall–Kier alpha value is -1.63. The number of likely N-dealkylation sites (N-methyl/N-ethyl adjacent to an activating group) is 1. The van der Waals surface area contributed by atoms with E-state index in [1.165, 1.54) is 0 Å². The van der Waals surface area contributed by atoms with Crippen LogP contribution in [0.25, 0.3) is 0 Å². The van der Waals surface area contributed by atoms with Gasteiger partial charge in [-0.2, -0.15) is 0 Å². The van der Waals surface area contributed by atoms with E-state index in [2.05, 4.69) is 18.7 Å². The first kappa shape index (κ1) is 19.4. The maximum atomic E-state index is 11.6. The number of carbonyl (C=O) groups excluding carboxylic acids is 1. The molecule has 1 rings (SSSR count). The van der Waals surface area contributed by atoms with Gasteiger partial charge in [-0.1, -0.05) is 13.8 Å². The smallest absolute Gasteiger partial charge is 0.338 e. The van der Waals surface area contributed by atoms with Gasteiger partial charge in [-0.05, 0) is 37.4 Å². The Labute approximate surface area is 127 Å². The zero-order valence-corrected chi connectivity index (χ0v) is 13.0. The molecule has 0 aliphatic rings. The third kappa shape index (κ3) is 9.01. The van der Waals surface area contributed by atoms with Crippen LogP contribution >= 0.6 is 0 Å². The molecule has 6 heteroatoms. The van der Waals surface area contributed by atoms with E-state index in [0.717, 1.165) is 19.6 Å². The first-order chi connectivity index (χ1) is 10.1. The van der Waals surface area contributed by atoms with E-state index < -0.39 is 0 Å². The zero-order chi connectivity index (χ0) is 16.1. The quantitative estimate of drug-likeness (QED) is 0.504. The average Bonchev–Trinajstić information content (AvgIpc) is 2.52. The molecule has 0 aromatic heterocycles. The van der Waals surface area contributed by atoms with Gasteiger partial charge in [-0.15, -0.1) is 0 Å². The van der Waals surface area contributed by atoms with E-state index in [0.29, 0.717) is 30.9 Å². The highest BCUT2D eigenvalue weighted by atomic mass is 16.5. The van der Waals surface area contributed by atoms with Crippen LogP contribution in [-0.4, -0.2) is 50.2 Å². The summed E-state index contributed by atoms with van der Waals surface area (Å²) in [5.41, 5.74) is 16.5. The van der Waals surface area contributed by atoms with Gasteiger partial charge in [-0.25, -0.2) is 4.79 Å². The van der Waals surface area contributed by atoms with Gasteiger partial charge in [0.1, 0.15) is 6.61 Å².